The number of para-hydroxylation sites is 4. The summed E-state index contributed by atoms with van der Waals surface area (Å²) in [5.41, 5.74) is 42.9. The molecule has 8 aromatic heterocycles. The van der Waals surface area contributed by atoms with Crippen LogP contribution in [0, 0.1) is 48.5 Å². The van der Waals surface area contributed by atoms with Crippen molar-refractivity contribution in [2.75, 3.05) is 0 Å². The zero-order valence-corrected chi connectivity index (χ0v) is 80.4. The van der Waals surface area contributed by atoms with Crippen LogP contribution in [-0.2, 0) is 28.2 Å². The Morgan fingerprint density at radius 3 is 1.03 bits per heavy atom. The van der Waals surface area contributed by atoms with Crippen LogP contribution in [0.3, 0.4) is 0 Å². The van der Waals surface area contributed by atoms with Crippen molar-refractivity contribution in [2.24, 2.45) is 28.2 Å². The SMILES string of the molecule is Cc1c(-c2c3ccccc3cc[n+]2C)n(-c2c(-c3ccccc3)cccc2-c2ccccc2)c2ccccc12.Cc1c(-c2c3ccccc3cc[n+]2C)n(-c2c(C(C)C)cc(-c3ccccc3)cc2C(C)C)c2ccccc12.Cc1cc(C)c(-n2ccc(C)c2-c2ccc(-c3ccccc3)c[n+]2C)c(C)c1.Cc1ccn(-c2ccccc2C(C)C)c1-c1ccc(-c2ccccc2)c[n+]1C. The molecule has 21 rings (SSSR count). The third-order valence-corrected chi connectivity index (χ3v) is 26.8. The van der Waals surface area contributed by atoms with E-state index in [1.807, 2.05) is 0 Å². The van der Waals surface area contributed by atoms with E-state index in [0.717, 1.165) is 0 Å². The molecule has 0 spiro atoms. The minimum Gasteiger partial charge on any atom is -0.311 e. The maximum Gasteiger partial charge on any atom is 0.237 e. The first-order valence-electron chi connectivity index (χ1n) is 47.2. The molecule has 0 saturated carbocycles. The van der Waals surface area contributed by atoms with E-state index in [1.165, 1.54) is 223 Å². The van der Waals surface area contributed by atoms with Crippen LogP contribution in [0.25, 0.3) is 167 Å². The minimum absolute atomic E-state index is 0.358. The molecule has 13 aromatic carbocycles. The Hall–Kier alpha value is -15.4. The van der Waals surface area contributed by atoms with Crippen molar-refractivity contribution in [3.05, 3.63) is 457 Å². The van der Waals surface area contributed by atoms with E-state index in [-0.39, 0.29) is 0 Å². The number of pyridine rings is 4. The van der Waals surface area contributed by atoms with Crippen molar-refractivity contribution in [3.8, 4) is 124 Å². The number of aryl methyl sites for hydroxylation is 11. The second-order valence-electron chi connectivity index (χ2n) is 36.9. The fourth-order valence-electron chi connectivity index (χ4n) is 20.3. The summed E-state index contributed by atoms with van der Waals surface area (Å²) in [7, 11) is 8.60. The maximum atomic E-state index is 2.58. The lowest BCUT2D eigenvalue weighted by atomic mass is 9.88. The normalized spacial score (nSPS) is 11.4. The molecular formula is C126H120N8+4. The van der Waals surface area contributed by atoms with Crippen LogP contribution in [0.2, 0.25) is 0 Å². The van der Waals surface area contributed by atoms with Crippen molar-refractivity contribution in [2.45, 2.75) is 108 Å². The monoisotopic (exact) mass is 1740 g/mol. The molecule has 0 atom stereocenters. The average Bonchev–Trinajstić information content (AvgIpc) is 1.56. The Labute approximate surface area is 791 Å². The van der Waals surface area contributed by atoms with Gasteiger partial charge >= 0.3 is 0 Å². The highest BCUT2D eigenvalue weighted by molar-refractivity contribution is 6.03. The van der Waals surface area contributed by atoms with Crippen molar-refractivity contribution in [1.82, 2.24) is 18.3 Å². The first-order chi connectivity index (χ1) is 65.1. The van der Waals surface area contributed by atoms with E-state index < -0.39 is 0 Å². The van der Waals surface area contributed by atoms with Gasteiger partial charge in [0.05, 0.1) is 38.9 Å². The molecule has 0 radical (unpaired) electrons. The predicted octanol–water partition coefficient (Wildman–Crippen LogP) is 30.4. The summed E-state index contributed by atoms with van der Waals surface area (Å²) in [6.07, 6.45) is 13.2. The van der Waals surface area contributed by atoms with Gasteiger partial charge in [-0.3, -0.25) is 0 Å². The second kappa shape index (κ2) is 38.6. The summed E-state index contributed by atoms with van der Waals surface area (Å²) >= 11 is 0. The Kier molecular flexibility index (Phi) is 25.7. The molecule has 0 bridgehead atoms. The number of hydrogen-bond acceptors (Lipinski definition) is 0. The number of nitrogens with zero attached hydrogens (tertiary/aromatic N) is 8. The molecule has 21 aromatic rings. The van der Waals surface area contributed by atoms with Gasteiger partial charge in [-0.2, -0.15) is 18.3 Å². The molecule has 8 nitrogen and oxygen atoms in total. The summed E-state index contributed by atoms with van der Waals surface area (Å²) in [6, 6.07) is 131. The Bertz CT molecular complexity index is 7760. The van der Waals surface area contributed by atoms with Gasteiger partial charge in [-0.25, -0.2) is 0 Å². The van der Waals surface area contributed by atoms with Crippen LogP contribution in [0.4, 0.5) is 0 Å². The summed E-state index contributed by atoms with van der Waals surface area (Å²) in [5.74, 6) is 1.19. The first-order valence-corrected chi connectivity index (χ1v) is 47.2. The number of hydrogen-bond donors (Lipinski definition) is 0. The van der Waals surface area contributed by atoms with Crippen LogP contribution in [-0.4, -0.2) is 18.3 Å². The minimum atomic E-state index is 0.358. The van der Waals surface area contributed by atoms with Crippen LogP contribution >= 0.6 is 0 Å². The van der Waals surface area contributed by atoms with Crippen molar-refractivity contribution >= 4 is 43.4 Å². The highest BCUT2D eigenvalue weighted by atomic mass is 15.1. The molecule has 8 heterocycles. The molecule has 0 aliphatic carbocycles. The predicted molar refractivity (Wildman–Crippen MR) is 562 cm³/mol. The molecule has 0 aliphatic rings. The lowest BCUT2D eigenvalue weighted by Gasteiger charge is -2.25. The van der Waals surface area contributed by atoms with E-state index in [9.17, 15) is 0 Å². The maximum absolute atomic E-state index is 2.58. The third-order valence-electron chi connectivity index (χ3n) is 26.8. The van der Waals surface area contributed by atoms with Gasteiger partial charge in [0.2, 0.25) is 22.8 Å². The molecule has 0 N–H and O–H groups in total. The van der Waals surface area contributed by atoms with Gasteiger partial charge in [0.15, 0.2) is 24.8 Å². The molecule has 0 aliphatic heterocycles. The Morgan fingerprint density at radius 1 is 0.246 bits per heavy atom. The highest BCUT2D eigenvalue weighted by Gasteiger charge is 2.33. The topological polar surface area (TPSA) is 35.2 Å². The molecule has 0 fully saturated rings. The zero-order chi connectivity index (χ0) is 93.1. The lowest BCUT2D eigenvalue weighted by Crippen LogP contribution is -2.31. The van der Waals surface area contributed by atoms with Gasteiger partial charge < -0.3 is 18.3 Å². The fourth-order valence-corrected chi connectivity index (χ4v) is 20.3. The molecule has 0 unspecified atom stereocenters. The van der Waals surface area contributed by atoms with Gasteiger partial charge in [-0.15, -0.1) is 0 Å². The van der Waals surface area contributed by atoms with Crippen LogP contribution in [0.1, 0.15) is 115 Å². The van der Waals surface area contributed by atoms with E-state index in [2.05, 4.69) is 556 Å². The van der Waals surface area contributed by atoms with E-state index in [0.29, 0.717) is 17.8 Å². The van der Waals surface area contributed by atoms with Gasteiger partial charge in [-0.1, -0.05) is 320 Å². The van der Waals surface area contributed by atoms with Crippen LogP contribution in [0.5, 0.6) is 0 Å². The summed E-state index contributed by atoms with van der Waals surface area (Å²) in [4.78, 5) is 0. The molecule has 0 saturated heterocycles. The average molecular weight is 1750 g/mol. The van der Waals surface area contributed by atoms with E-state index >= 15 is 0 Å². The number of benzene rings is 13. The zero-order valence-electron chi connectivity index (χ0n) is 80.4. The van der Waals surface area contributed by atoms with Gasteiger partial charge in [0.25, 0.3) is 0 Å². The van der Waals surface area contributed by atoms with Crippen molar-refractivity contribution in [1.29, 1.82) is 0 Å². The molecule has 0 amide bonds. The molecule has 660 valence electrons. The molecule has 8 heteroatoms. The molecular weight excluding hydrogens is 1630 g/mol. The summed E-state index contributed by atoms with van der Waals surface area (Å²) < 4.78 is 18.8. The summed E-state index contributed by atoms with van der Waals surface area (Å²) in [6.45, 7) is 29.3. The van der Waals surface area contributed by atoms with Crippen molar-refractivity contribution < 1.29 is 18.3 Å². The highest BCUT2D eigenvalue weighted by Crippen LogP contribution is 2.47. The standard InChI is InChI=1S/C37H29N2.C37H37N2.2C26H27N2/c1-26-30-19-11-12-23-34(30)39(35(26)37-33-20-10-9-18-29(33)24-25-38(37)2)36-31(27-14-5-3-6-15-27)21-13-22-32(36)28-16-7-4-8-17-28;1-24(2)32-22-29(27-14-8-7-9-15-27)23-33(25(3)4)36(32)39-34-19-13-12-17-30(34)26(5)35(39)37-31-18-11-10-16-28(31)20-21-38(37)6;1-18-15-20(3)25(21(4)16-18)28-14-13-19(2)26(28)24-12-11-23(17-27(24)5)22-9-7-6-8-10-22;1-19(2)23-12-8-9-13-24(23)28-17-16-20(3)26(28)25-15-14-22(18-27(25)4)21-10-6-5-7-11-21/h3-25H,1-2H3;7-25H,1-6H3;6-17H,1-5H3;5-19H,1-4H3/q4*+1. The van der Waals surface area contributed by atoms with Crippen LogP contribution in [0.15, 0.2) is 401 Å². The largest absolute Gasteiger partial charge is 0.311 e. The second-order valence-corrected chi connectivity index (χ2v) is 36.9. The Balaban J connectivity index is 0.000000121. The van der Waals surface area contributed by atoms with Gasteiger partial charge in [0.1, 0.15) is 51.0 Å². The number of rotatable bonds is 16. The van der Waals surface area contributed by atoms with E-state index in [1.54, 1.807) is 0 Å². The summed E-state index contributed by atoms with van der Waals surface area (Å²) in [5, 5.41) is 7.58. The van der Waals surface area contributed by atoms with E-state index in [4.69, 9.17) is 0 Å². The van der Waals surface area contributed by atoms with Gasteiger partial charge in [0, 0.05) is 75.4 Å². The number of aromatic nitrogens is 8. The number of fused-ring (bicyclic) bond motifs is 4. The quantitative estimate of drug-likeness (QED) is 0.0865. The third kappa shape index (κ3) is 17.4. The van der Waals surface area contributed by atoms with Crippen molar-refractivity contribution in [3.63, 3.8) is 0 Å². The van der Waals surface area contributed by atoms with Gasteiger partial charge in [-0.05, 0) is 227 Å². The first kappa shape index (κ1) is 89.2. The van der Waals surface area contributed by atoms with Crippen LogP contribution < -0.4 is 18.3 Å². The molecule has 134 heavy (non-hydrogen) atoms. The Morgan fingerprint density at radius 2 is 0.604 bits per heavy atom. The fraction of sp³-hybridized carbons (Fsp3) is 0.159. The smallest absolute Gasteiger partial charge is 0.237 e. The lowest BCUT2D eigenvalue weighted by molar-refractivity contribution is -0.660.